The SMILES string of the molecule is COc1ccc2c(c1)CC(C#N)(N1CCCC1)CC2. The molecule has 1 aliphatic carbocycles. The van der Waals surface area contributed by atoms with Gasteiger partial charge in [-0.2, -0.15) is 5.26 Å². The van der Waals surface area contributed by atoms with Crippen LogP contribution in [0.15, 0.2) is 18.2 Å². The average molecular weight is 256 g/mol. The molecular weight excluding hydrogens is 236 g/mol. The molecule has 0 saturated carbocycles. The predicted molar refractivity (Wildman–Crippen MR) is 74.2 cm³/mol. The van der Waals surface area contributed by atoms with E-state index in [2.05, 4.69) is 23.1 Å². The quantitative estimate of drug-likeness (QED) is 0.816. The molecule has 0 aromatic heterocycles. The third kappa shape index (κ3) is 2.11. The average Bonchev–Trinajstić information content (AvgIpc) is 3.00. The molecule has 100 valence electrons. The first-order valence-corrected chi connectivity index (χ1v) is 7.09. The highest BCUT2D eigenvalue weighted by Gasteiger charge is 2.41. The number of rotatable bonds is 2. The standard InChI is InChI=1S/C16H20N2O/c1-19-15-5-4-13-6-7-16(12-17,11-14(13)10-15)18-8-2-3-9-18/h4-5,10H,2-3,6-9,11H2,1H3. The fraction of sp³-hybridized carbons (Fsp3) is 0.562. The largest absolute Gasteiger partial charge is 0.497 e. The number of nitriles is 1. The van der Waals surface area contributed by atoms with Gasteiger partial charge >= 0.3 is 0 Å². The van der Waals surface area contributed by atoms with Crippen LogP contribution in [0.3, 0.4) is 0 Å². The van der Waals surface area contributed by atoms with Gasteiger partial charge < -0.3 is 4.74 Å². The van der Waals surface area contributed by atoms with Gasteiger partial charge in [0.1, 0.15) is 11.3 Å². The zero-order valence-electron chi connectivity index (χ0n) is 11.5. The number of methoxy groups -OCH3 is 1. The van der Waals surface area contributed by atoms with Crippen molar-refractivity contribution in [1.82, 2.24) is 4.90 Å². The molecule has 0 spiro atoms. The summed E-state index contributed by atoms with van der Waals surface area (Å²) in [5.41, 5.74) is 2.39. The second kappa shape index (κ2) is 4.86. The van der Waals surface area contributed by atoms with E-state index in [1.165, 1.54) is 24.0 Å². The van der Waals surface area contributed by atoms with Gasteiger partial charge in [0.05, 0.1) is 13.2 Å². The van der Waals surface area contributed by atoms with Gasteiger partial charge in [-0.1, -0.05) is 6.07 Å². The van der Waals surface area contributed by atoms with Crippen LogP contribution < -0.4 is 4.74 Å². The highest BCUT2D eigenvalue weighted by atomic mass is 16.5. The number of hydrogen-bond donors (Lipinski definition) is 0. The van der Waals surface area contributed by atoms with Crippen LogP contribution in [0.2, 0.25) is 0 Å². The summed E-state index contributed by atoms with van der Waals surface area (Å²) in [6, 6.07) is 8.90. The number of nitrogens with zero attached hydrogens (tertiary/aromatic N) is 2. The van der Waals surface area contributed by atoms with Crippen LogP contribution in [-0.4, -0.2) is 30.6 Å². The van der Waals surface area contributed by atoms with Crippen LogP contribution in [-0.2, 0) is 12.8 Å². The molecule has 0 amide bonds. The Morgan fingerprint density at radius 2 is 2.05 bits per heavy atom. The molecule has 1 fully saturated rings. The number of hydrogen-bond acceptors (Lipinski definition) is 3. The summed E-state index contributed by atoms with van der Waals surface area (Å²) in [5, 5.41) is 9.73. The van der Waals surface area contributed by atoms with Crippen molar-refractivity contribution >= 4 is 0 Å². The maximum Gasteiger partial charge on any atom is 0.119 e. The van der Waals surface area contributed by atoms with Crippen LogP contribution in [0.25, 0.3) is 0 Å². The Labute approximate surface area is 114 Å². The molecule has 0 radical (unpaired) electrons. The van der Waals surface area contributed by atoms with Gasteiger partial charge in [-0.3, -0.25) is 4.90 Å². The Morgan fingerprint density at radius 1 is 1.26 bits per heavy atom. The fourth-order valence-corrected chi connectivity index (χ4v) is 3.46. The van der Waals surface area contributed by atoms with Crippen molar-refractivity contribution in [3.63, 3.8) is 0 Å². The smallest absolute Gasteiger partial charge is 0.119 e. The third-order valence-corrected chi connectivity index (χ3v) is 4.62. The minimum Gasteiger partial charge on any atom is -0.497 e. The second-order valence-corrected chi connectivity index (χ2v) is 5.65. The number of ether oxygens (including phenoxy) is 1. The van der Waals surface area contributed by atoms with E-state index in [0.717, 1.165) is 38.1 Å². The summed E-state index contributed by atoms with van der Waals surface area (Å²) >= 11 is 0. The monoisotopic (exact) mass is 256 g/mol. The van der Waals surface area contributed by atoms with Crippen LogP contribution in [0.5, 0.6) is 5.75 Å². The Morgan fingerprint density at radius 3 is 2.74 bits per heavy atom. The van der Waals surface area contributed by atoms with E-state index in [0.29, 0.717) is 0 Å². The topological polar surface area (TPSA) is 36.3 Å². The van der Waals surface area contributed by atoms with Gasteiger partial charge in [0.15, 0.2) is 0 Å². The summed E-state index contributed by atoms with van der Waals surface area (Å²) in [6.45, 7) is 2.15. The molecule has 1 atom stereocenters. The lowest BCUT2D eigenvalue weighted by atomic mass is 9.77. The fourth-order valence-electron chi connectivity index (χ4n) is 3.46. The Bertz CT molecular complexity index is 514. The van der Waals surface area contributed by atoms with E-state index in [1.807, 2.05) is 6.07 Å². The van der Waals surface area contributed by atoms with E-state index >= 15 is 0 Å². The molecule has 1 heterocycles. The molecule has 0 N–H and O–H groups in total. The van der Waals surface area contributed by atoms with Gasteiger partial charge in [-0.05, 0) is 62.0 Å². The lowest BCUT2D eigenvalue weighted by Crippen LogP contribution is -2.50. The number of fused-ring (bicyclic) bond motifs is 1. The van der Waals surface area contributed by atoms with Crippen LogP contribution in [0, 0.1) is 11.3 Å². The predicted octanol–water partition coefficient (Wildman–Crippen LogP) is 2.54. The van der Waals surface area contributed by atoms with Gasteiger partial charge in [-0.25, -0.2) is 0 Å². The van der Waals surface area contributed by atoms with Crippen LogP contribution >= 0.6 is 0 Å². The molecule has 1 aliphatic heterocycles. The first kappa shape index (κ1) is 12.5. The molecule has 3 nitrogen and oxygen atoms in total. The number of aryl methyl sites for hydroxylation is 1. The first-order chi connectivity index (χ1) is 9.27. The Hall–Kier alpha value is -1.53. The molecule has 3 rings (SSSR count). The van der Waals surface area contributed by atoms with Crippen molar-refractivity contribution in [1.29, 1.82) is 5.26 Å². The van der Waals surface area contributed by atoms with Crippen molar-refractivity contribution in [2.45, 2.75) is 37.6 Å². The molecule has 1 saturated heterocycles. The second-order valence-electron chi connectivity index (χ2n) is 5.65. The van der Waals surface area contributed by atoms with E-state index in [-0.39, 0.29) is 5.54 Å². The normalized spacial score (nSPS) is 26.7. The minimum absolute atomic E-state index is 0.282. The van der Waals surface area contributed by atoms with Crippen molar-refractivity contribution in [3.8, 4) is 11.8 Å². The summed E-state index contributed by atoms with van der Waals surface area (Å²) in [5.74, 6) is 0.897. The number of likely N-dealkylation sites (tertiary alicyclic amines) is 1. The summed E-state index contributed by atoms with van der Waals surface area (Å²) in [4.78, 5) is 2.40. The van der Waals surface area contributed by atoms with E-state index in [1.54, 1.807) is 7.11 Å². The molecule has 3 heteroatoms. The van der Waals surface area contributed by atoms with Crippen molar-refractivity contribution in [3.05, 3.63) is 29.3 Å². The summed E-state index contributed by atoms with van der Waals surface area (Å²) in [6.07, 6.45) is 5.27. The van der Waals surface area contributed by atoms with Crippen LogP contribution in [0.1, 0.15) is 30.4 Å². The highest BCUT2D eigenvalue weighted by Crippen LogP contribution is 2.36. The van der Waals surface area contributed by atoms with E-state index in [9.17, 15) is 5.26 Å². The van der Waals surface area contributed by atoms with Gasteiger partial charge in [-0.15, -0.1) is 0 Å². The molecule has 19 heavy (non-hydrogen) atoms. The first-order valence-electron chi connectivity index (χ1n) is 7.09. The minimum atomic E-state index is -0.282. The van der Waals surface area contributed by atoms with Crippen molar-refractivity contribution in [2.24, 2.45) is 0 Å². The lowest BCUT2D eigenvalue weighted by molar-refractivity contribution is 0.154. The molecule has 1 aromatic rings. The Kier molecular flexibility index (Phi) is 3.20. The van der Waals surface area contributed by atoms with Crippen molar-refractivity contribution < 1.29 is 4.74 Å². The zero-order valence-corrected chi connectivity index (χ0v) is 11.5. The maximum atomic E-state index is 9.73. The van der Waals surface area contributed by atoms with E-state index < -0.39 is 0 Å². The summed E-state index contributed by atoms with van der Waals surface area (Å²) < 4.78 is 5.31. The lowest BCUT2D eigenvalue weighted by Gasteiger charge is -2.39. The molecule has 0 bridgehead atoms. The van der Waals surface area contributed by atoms with Crippen molar-refractivity contribution in [2.75, 3.05) is 20.2 Å². The Balaban J connectivity index is 1.92. The summed E-state index contributed by atoms with van der Waals surface area (Å²) in [7, 11) is 1.70. The van der Waals surface area contributed by atoms with Gasteiger partial charge in [0.2, 0.25) is 0 Å². The highest BCUT2D eigenvalue weighted by molar-refractivity contribution is 5.40. The third-order valence-electron chi connectivity index (χ3n) is 4.62. The van der Waals surface area contributed by atoms with Gasteiger partial charge in [0.25, 0.3) is 0 Å². The molecular formula is C16H20N2O. The number of benzene rings is 1. The zero-order chi connectivity index (χ0) is 13.3. The molecule has 1 aromatic carbocycles. The van der Waals surface area contributed by atoms with E-state index in [4.69, 9.17) is 4.74 Å². The van der Waals surface area contributed by atoms with Crippen LogP contribution in [0.4, 0.5) is 0 Å². The maximum absolute atomic E-state index is 9.73. The van der Waals surface area contributed by atoms with Gasteiger partial charge in [0, 0.05) is 6.42 Å². The molecule has 2 aliphatic rings. The molecule has 1 unspecified atom stereocenters.